The smallest absolute Gasteiger partial charge is 0.319 e. The lowest BCUT2D eigenvalue weighted by molar-refractivity contribution is -0.142. The fourth-order valence-corrected chi connectivity index (χ4v) is 2.84. The summed E-state index contributed by atoms with van der Waals surface area (Å²) in [4.78, 5) is 16.0. The molecule has 0 fully saturated rings. The molecular weight excluding hydrogens is 368 g/mol. The Bertz CT molecular complexity index is 920. The maximum absolute atomic E-state index is 11.5. The molecular formula is C23H26N2O4. The SMILES string of the molecule is CCOC(=O)CNC(C)c1ccc(OCc2nc(-c3ccccc3)oc2C)cc1. The maximum atomic E-state index is 11.5. The zero-order chi connectivity index (χ0) is 20.6. The van der Waals surface area contributed by atoms with Crippen molar-refractivity contribution in [2.45, 2.75) is 33.4 Å². The van der Waals surface area contributed by atoms with Gasteiger partial charge in [-0.25, -0.2) is 4.98 Å². The number of carbonyl (C=O) groups is 1. The molecule has 0 saturated carbocycles. The third kappa shape index (κ3) is 5.68. The number of benzene rings is 2. The van der Waals surface area contributed by atoms with Crippen LogP contribution in [0.5, 0.6) is 5.75 Å². The minimum Gasteiger partial charge on any atom is -0.487 e. The molecule has 1 N–H and O–H groups in total. The van der Waals surface area contributed by atoms with Crippen LogP contribution in [0.15, 0.2) is 59.0 Å². The number of oxazole rings is 1. The Labute approximate surface area is 170 Å². The highest BCUT2D eigenvalue weighted by atomic mass is 16.5. The van der Waals surface area contributed by atoms with Crippen LogP contribution in [-0.2, 0) is 16.1 Å². The molecule has 0 spiro atoms. The first kappa shape index (κ1) is 20.6. The fraction of sp³-hybridized carbons (Fsp3) is 0.304. The highest BCUT2D eigenvalue weighted by Crippen LogP contribution is 2.23. The van der Waals surface area contributed by atoms with Gasteiger partial charge in [-0.15, -0.1) is 0 Å². The number of nitrogens with one attached hydrogen (secondary N) is 1. The quantitative estimate of drug-likeness (QED) is 0.541. The van der Waals surface area contributed by atoms with Gasteiger partial charge in [0, 0.05) is 11.6 Å². The van der Waals surface area contributed by atoms with Crippen LogP contribution in [0.25, 0.3) is 11.5 Å². The van der Waals surface area contributed by atoms with Gasteiger partial charge in [-0.2, -0.15) is 0 Å². The van der Waals surface area contributed by atoms with Crippen molar-refractivity contribution in [3.05, 3.63) is 71.6 Å². The van der Waals surface area contributed by atoms with Gasteiger partial charge in [0.1, 0.15) is 23.8 Å². The van der Waals surface area contributed by atoms with E-state index in [1.807, 2.05) is 68.4 Å². The number of aromatic nitrogens is 1. The second-order valence-electron chi connectivity index (χ2n) is 6.65. The van der Waals surface area contributed by atoms with E-state index in [0.29, 0.717) is 19.1 Å². The summed E-state index contributed by atoms with van der Waals surface area (Å²) in [6, 6.07) is 17.6. The molecule has 0 amide bonds. The van der Waals surface area contributed by atoms with E-state index in [4.69, 9.17) is 13.9 Å². The Morgan fingerprint density at radius 3 is 2.55 bits per heavy atom. The predicted octanol–water partition coefficient (Wildman–Crippen LogP) is 4.44. The highest BCUT2D eigenvalue weighted by Gasteiger charge is 2.12. The number of rotatable bonds is 9. The Morgan fingerprint density at radius 2 is 1.86 bits per heavy atom. The summed E-state index contributed by atoms with van der Waals surface area (Å²) in [5.74, 6) is 1.84. The Morgan fingerprint density at radius 1 is 1.14 bits per heavy atom. The summed E-state index contributed by atoms with van der Waals surface area (Å²) in [7, 11) is 0. The van der Waals surface area contributed by atoms with Crippen LogP contribution in [0, 0.1) is 6.92 Å². The van der Waals surface area contributed by atoms with Crippen LogP contribution in [-0.4, -0.2) is 24.1 Å². The number of aryl methyl sites for hydroxylation is 1. The lowest BCUT2D eigenvalue weighted by Crippen LogP contribution is -2.27. The molecule has 0 radical (unpaired) electrons. The molecule has 152 valence electrons. The van der Waals surface area contributed by atoms with Crippen LogP contribution in [0.4, 0.5) is 0 Å². The van der Waals surface area contributed by atoms with Crippen molar-refractivity contribution in [1.82, 2.24) is 10.3 Å². The molecule has 0 aliphatic rings. The van der Waals surface area contributed by atoms with Crippen molar-refractivity contribution in [2.75, 3.05) is 13.2 Å². The number of hydrogen-bond donors (Lipinski definition) is 1. The first-order valence-electron chi connectivity index (χ1n) is 9.70. The van der Waals surface area contributed by atoms with E-state index in [1.54, 1.807) is 6.92 Å². The molecule has 1 aromatic heterocycles. The lowest BCUT2D eigenvalue weighted by Gasteiger charge is -2.14. The van der Waals surface area contributed by atoms with Crippen molar-refractivity contribution in [2.24, 2.45) is 0 Å². The first-order chi connectivity index (χ1) is 14.1. The topological polar surface area (TPSA) is 73.6 Å². The summed E-state index contributed by atoms with van der Waals surface area (Å²) in [6.07, 6.45) is 0. The molecule has 1 atom stereocenters. The van der Waals surface area contributed by atoms with Gasteiger partial charge in [0.15, 0.2) is 0 Å². The number of ether oxygens (including phenoxy) is 2. The van der Waals surface area contributed by atoms with Gasteiger partial charge >= 0.3 is 5.97 Å². The standard InChI is InChI=1S/C23H26N2O4/c1-4-27-22(26)14-24-16(2)18-10-12-20(13-11-18)28-15-21-17(3)29-23(25-21)19-8-6-5-7-9-19/h5-13,16,24H,4,14-15H2,1-3H3. The molecule has 1 heterocycles. The van der Waals surface area contributed by atoms with Gasteiger partial charge in [0.2, 0.25) is 5.89 Å². The van der Waals surface area contributed by atoms with Gasteiger partial charge in [-0.1, -0.05) is 30.3 Å². The van der Waals surface area contributed by atoms with Crippen LogP contribution in [0.2, 0.25) is 0 Å². The fourth-order valence-electron chi connectivity index (χ4n) is 2.84. The van der Waals surface area contributed by atoms with Crippen molar-refractivity contribution < 1.29 is 18.7 Å². The van der Waals surface area contributed by atoms with Gasteiger partial charge in [0.25, 0.3) is 0 Å². The Hall–Kier alpha value is -3.12. The number of hydrogen-bond acceptors (Lipinski definition) is 6. The van der Waals surface area contributed by atoms with Gasteiger partial charge < -0.3 is 19.2 Å². The monoisotopic (exact) mass is 394 g/mol. The van der Waals surface area contributed by atoms with Crippen molar-refractivity contribution >= 4 is 5.97 Å². The van der Waals surface area contributed by atoms with Crippen LogP contribution < -0.4 is 10.1 Å². The van der Waals surface area contributed by atoms with Gasteiger partial charge in [0.05, 0.1) is 13.2 Å². The number of esters is 1. The van der Waals surface area contributed by atoms with Crippen LogP contribution >= 0.6 is 0 Å². The first-order valence-corrected chi connectivity index (χ1v) is 9.70. The largest absolute Gasteiger partial charge is 0.487 e. The van der Waals surface area contributed by atoms with Gasteiger partial charge in [-0.3, -0.25) is 4.79 Å². The average Bonchev–Trinajstić information content (AvgIpc) is 3.12. The maximum Gasteiger partial charge on any atom is 0.319 e. The minimum atomic E-state index is -0.253. The second kappa shape index (κ2) is 9.89. The van der Waals surface area contributed by atoms with Crippen molar-refractivity contribution in [3.8, 4) is 17.2 Å². The van der Waals surface area contributed by atoms with E-state index in [9.17, 15) is 4.79 Å². The lowest BCUT2D eigenvalue weighted by atomic mass is 10.1. The van der Waals surface area contributed by atoms with E-state index < -0.39 is 0 Å². The molecule has 29 heavy (non-hydrogen) atoms. The molecule has 0 aliphatic carbocycles. The van der Waals surface area contributed by atoms with E-state index in [0.717, 1.165) is 28.3 Å². The summed E-state index contributed by atoms with van der Waals surface area (Å²) in [5.41, 5.74) is 2.78. The summed E-state index contributed by atoms with van der Waals surface area (Å²) in [5, 5.41) is 3.15. The Kier molecular flexibility index (Phi) is 7.03. The molecule has 0 bridgehead atoms. The zero-order valence-corrected chi connectivity index (χ0v) is 17.0. The molecule has 0 saturated heterocycles. The molecule has 6 nitrogen and oxygen atoms in total. The third-order valence-electron chi connectivity index (χ3n) is 4.53. The molecule has 6 heteroatoms. The predicted molar refractivity (Wildman–Crippen MR) is 111 cm³/mol. The van der Waals surface area contributed by atoms with Crippen molar-refractivity contribution in [3.63, 3.8) is 0 Å². The molecule has 0 aliphatic heterocycles. The third-order valence-corrected chi connectivity index (χ3v) is 4.53. The molecule has 2 aromatic carbocycles. The van der Waals surface area contributed by atoms with E-state index >= 15 is 0 Å². The summed E-state index contributed by atoms with van der Waals surface area (Å²) in [6.45, 7) is 6.58. The normalized spacial score (nSPS) is 11.8. The second-order valence-corrected chi connectivity index (χ2v) is 6.65. The Balaban J connectivity index is 1.55. The van der Waals surface area contributed by atoms with E-state index in [2.05, 4.69) is 10.3 Å². The minimum absolute atomic E-state index is 0.0275. The van der Waals surface area contributed by atoms with Crippen LogP contribution in [0.1, 0.15) is 36.9 Å². The summed E-state index contributed by atoms with van der Waals surface area (Å²) < 4.78 is 16.6. The van der Waals surface area contributed by atoms with E-state index in [1.165, 1.54) is 0 Å². The van der Waals surface area contributed by atoms with E-state index in [-0.39, 0.29) is 18.6 Å². The number of nitrogens with zero attached hydrogens (tertiary/aromatic N) is 1. The van der Waals surface area contributed by atoms with Crippen molar-refractivity contribution in [1.29, 1.82) is 0 Å². The zero-order valence-electron chi connectivity index (χ0n) is 17.0. The van der Waals surface area contributed by atoms with Gasteiger partial charge in [-0.05, 0) is 50.6 Å². The highest BCUT2D eigenvalue weighted by molar-refractivity contribution is 5.71. The number of carbonyl (C=O) groups excluding carboxylic acids is 1. The average molecular weight is 394 g/mol. The van der Waals surface area contributed by atoms with Crippen LogP contribution in [0.3, 0.4) is 0 Å². The molecule has 1 unspecified atom stereocenters. The summed E-state index contributed by atoms with van der Waals surface area (Å²) >= 11 is 0. The molecule has 3 aromatic rings. The molecule has 3 rings (SSSR count).